The molecule has 0 rings (SSSR count). The van der Waals surface area contributed by atoms with E-state index in [9.17, 15) is 43.2 Å². The third-order valence-electron chi connectivity index (χ3n) is 18.6. The smallest absolute Gasteiger partial charge is 0.462 e. The van der Waals surface area contributed by atoms with Crippen LogP contribution in [0.5, 0.6) is 0 Å². The summed E-state index contributed by atoms with van der Waals surface area (Å²) in [5.41, 5.74) is 0. The second-order valence-corrected chi connectivity index (χ2v) is 31.4. The van der Waals surface area contributed by atoms with Crippen molar-refractivity contribution in [2.75, 3.05) is 39.6 Å². The van der Waals surface area contributed by atoms with Gasteiger partial charge in [-0.2, -0.15) is 0 Å². The molecule has 2 unspecified atom stereocenters. The van der Waals surface area contributed by atoms with Crippen molar-refractivity contribution in [3.63, 3.8) is 0 Å². The van der Waals surface area contributed by atoms with Crippen LogP contribution in [0.3, 0.4) is 0 Å². The first-order valence-corrected chi connectivity index (χ1v) is 44.3. The van der Waals surface area contributed by atoms with Crippen molar-refractivity contribution in [2.24, 2.45) is 0 Å². The number of phosphoric ester groups is 2. The summed E-state index contributed by atoms with van der Waals surface area (Å²) in [4.78, 5) is 72.9. The van der Waals surface area contributed by atoms with E-state index in [1.165, 1.54) is 257 Å². The maximum Gasteiger partial charge on any atom is 0.472 e. The molecular weight excluding hydrogens is 1280 g/mol. The van der Waals surface area contributed by atoms with Gasteiger partial charge in [0.1, 0.15) is 19.3 Å². The van der Waals surface area contributed by atoms with Gasteiger partial charge in [0.05, 0.1) is 26.4 Å². The molecule has 0 aliphatic heterocycles. The Morgan fingerprint density at radius 3 is 0.602 bits per heavy atom. The van der Waals surface area contributed by atoms with Gasteiger partial charge < -0.3 is 33.8 Å². The number of unbranched alkanes of at least 4 members (excludes halogenated alkanes) is 54. The van der Waals surface area contributed by atoms with Crippen molar-refractivity contribution in [2.45, 2.75) is 444 Å². The quantitative estimate of drug-likeness (QED) is 0.0222. The summed E-state index contributed by atoms with van der Waals surface area (Å²) in [6.45, 7) is 5.00. The maximum atomic E-state index is 13.1. The SMILES string of the molecule is CCCCCCCCCCCCCCCCCCCCCCC(=O)O[C@H](COC(=O)CCCCCCCCCCCCCCCCCCC)COP(=O)(O)OC[C@@H](O)COP(=O)(O)OC[C@@H](COC(=O)CCCCCCCCCCCC)OC(=O)CCCCCCCCCCCCC. The standard InChI is InChI=1S/C79H154O17P2/c1-5-9-13-17-21-25-29-31-33-35-36-37-39-41-43-46-50-54-58-62-66-79(84)96-75(70-90-77(82)64-60-56-52-48-45-42-40-38-34-32-30-26-22-18-14-10-6-2)72-94-98(87,88)92-68-73(80)67-91-97(85,86)93-71-74(69-89-76(81)63-59-55-51-47-28-24-20-16-12-8-4)95-78(83)65-61-57-53-49-44-27-23-19-15-11-7-3/h73-75,80H,5-72H2,1-4H3,(H,85,86)(H,87,88)/t73-,74+,75+/m0/s1. The highest BCUT2D eigenvalue weighted by Crippen LogP contribution is 2.45. The van der Waals surface area contributed by atoms with Gasteiger partial charge in [0.2, 0.25) is 0 Å². The minimum atomic E-state index is -4.96. The van der Waals surface area contributed by atoms with Gasteiger partial charge in [-0.05, 0) is 25.7 Å². The van der Waals surface area contributed by atoms with E-state index in [0.717, 1.165) is 89.9 Å². The minimum absolute atomic E-state index is 0.108. The Hall–Kier alpha value is -1.94. The van der Waals surface area contributed by atoms with Gasteiger partial charge in [0.25, 0.3) is 0 Å². The van der Waals surface area contributed by atoms with Crippen LogP contribution in [-0.4, -0.2) is 96.7 Å². The van der Waals surface area contributed by atoms with Gasteiger partial charge in [-0.1, -0.05) is 374 Å². The Morgan fingerprint density at radius 1 is 0.245 bits per heavy atom. The van der Waals surface area contributed by atoms with Crippen LogP contribution >= 0.6 is 15.6 Å². The van der Waals surface area contributed by atoms with Crippen LogP contribution in [-0.2, 0) is 65.4 Å². The van der Waals surface area contributed by atoms with E-state index in [1.807, 2.05) is 0 Å². The number of esters is 4. The van der Waals surface area contributed by atoms with E-state index >= 15 is 0 Å². The van der Waals surface area contributed by atoms with Crippen LogP contribution in [0.4, 0.5) is 0 Å². The molecule has 0 spiro atoms. The van der Waals surface area contributed by atoms with Crippen molar-refractivity contribution in [3.05, 3.63) is 0 Å². The number of carbonyl (C=O) groups is 4. The number of hydrogen-bond acceptors (Lipinski definition) is 15. The fraction of sp³-hybridized carbons (Fsp3) is 0.949. The van der Waals surface area contributed by atoms with Crippen molar-refractivity contribution in [1.82, 2.24) is 0 Å². The first-order valence-electron chi connectivity index (χ1n) is 41.3. The van der Waals surface area contributed by atoms with Gasteiger partial charge in [-0.3, -0.25) is 37.3 Å². The molecule has 0 radical (unpaired) electrons. The summed E-state index contributed by atoms with van der Waals surface area (Å²) in [7, 11) is -9.91. The highest BCUT2D eigenvalue weighted by molar-refractivity contribution is 7.47. The molecule has 0 aromatic rings. The van der Waals surface area contributed by atoms with Crippen molar-refractivity contribution < 1.29 is 80.2 Å². The molecule has 0 bridgehead atoms. The summed E-state index contributed by atoms with van der Waals surface area (Å²) < 4.78 is 68.6. The molecular formula is C79H154O17P2. The number of phosphoric acid groups is 2. The fourth-order valence-electron chi connectivity index (χ4n) is 12.3. The molecule has 19 heteroatoms. The summed E-state index contributed by atoms with van der Waals surface area (Å²) in [6.07, 6.45) is 65.2. The highest BCUT2D eigenvalue weighted by atomic mass is 31.2. The molecule has 0 amide bonds. The largest absolute Gasteiger partial charge is 0.472 e. The zero-order valence-electron chi connectivity index (χ0n) is 63.8. The highest BCUT2D eigenvalue weighted by Gasteiger charge is 2.30. The van der Waals surface area contributed by atoms with E-state index in [0.29, 0.717) is 25.7 Å². The first-order chi connectivity index (χ1) is 47.7. The van der Waals surface area contributed by atoms with E-state index in [-0.39, 0.29) is 25.7 Å². The molecule has 98 heavy (non-hydrogen) atoms. The molecule has 0 aliphatic rings. The zero-order chi connectivity index (χ0) is 71.8. The third-order valence-corrected chi connectivity index (χ3v) is 20.5. The Bertz CT molecular complexity index is 1860. The number of ether oxygens (including phenoxy) is 4. The molecule has 0 heterocycles. The van der Waals surface area contributed by atoms with Crippen molar-refractivity contribution in [1.29, 1.82) is 0 Å². The second kappa shape index (κ2) is 73.4. The van der Waals surface area contributed by atoms with Gasteiger partial charge in [0, 0.05) is 25.7 Å². The summed E-state index contributed by atoms with van der Waals surface area (Å²) in [5.74, 6) is -2.11. The van der Waals surface area contributed by atoms with Gasteiger partial charge in [0.15, 0.2) is 12.2 Å². The topological polar surface area (TPSA) is 237 Å². The number of carbonyl (C=O) groups excluding carboxylic acids is 4. The number of hydrogen-bond donors (Lipinski definition) is 3. The van der Waals surface area contributed by atoms with Gasteiger partial charge in [-0.15, -0.1) is 0 Å². The average molecular weight is 1440 g/mol. The first kappa shape index (κ1) is 96.1. The Kier molecular flexibility index (Phi) is 71.9. The molecule has 0 aliphatic carbocycles. The molecule has 5 atom stereocenters. The molecule has 0 aromatic carbocycles. The molecule has 0 saturated heterocycles. The summed E-state index contributed by atoms with van der Waals surface area (Å²) in [5, 5.41) is 10.6. The maximum absolute atomic E-state index is 13.1. The van der Waals surface area contributed by atoms with Crippen LogP contribution in [0, 0.1) is 0 Å². The van der Waals surface area contributed by atoms with Crippen molar-refractivity contribution >= 4 is 39.5 Å². The Balaban J connectivity index is 5.20. The minimum Gasteiger partial charge on any atom is -0.462 e. The predicted octanol–water partition coefficient (Wildman–Crippen LogP) is 23.8. The fourth-order valence-corrected chi connectivity index (χ4v) is 13.9. The van der Waals surface area contributed by atoms with E-state index in [2.05, 4.69) is 27.7 Å². The lowest BCUT2D eigenvalue weighted by Crippen LogP contribution is -2.30. The lowest BCUT2D eigenvalue weighted by atomic mass is 10.0. The van der Waals surface area contributed by atoms with E-state index in [1.54, 1.807) is 0 Å². The monoisotopic (exact) mass is 1440 g/mol. The molecule has 0 fully saturated rings. The van der Waals surface area contributed by atoms with Crippen LogP contribution in [0.2, 0.25) is 0 Å². The van der Waals surface area contributed by atoms with E-state index in [4.69, 9.17) is 37.0 Å². The van der Waals surface area contributed by atoms with E-state index < -0.39 is 97.5 Å². The predicted molar refractivity (Wildman–Crippen MR) is 400 cm³/mol. The molecule has 582 valence electrons. The average Bonchev–Trinajstić information content (AvgIpc) is 1.36. The molecule has 17 nitrogen and oxygen atoms in total. The molecule has 3 N–H and O–H groups in total. The van der Waals surface area contributed by atoms with Crippen LogP contribution in [0.15, 0.2) is 0 Å². The third kappa shape index (κ3) is 72.4. The number of rotatable bonds is 80. The normalized spacial score (nSPS) is 13.8. The Morgan fingerprint density at radius 2 is 0.408 bits per heavy atom. The van der Waals surface area contributed by atoms with Crippen molar-refractivity contribution in [3.8, 4) is 0 Å². The van der Waals surface area contributed by atoms with Crippen LogP contribution < -0.4 is 0 Å². The zero-order valence-corrected chi connectivity index (χ0v) is 65.6. The van der Waals surface area contributed by atoms with Gasteiger partial charge >= 0.3 is 39.5 Å². The summed E-state index contributed by atoms with van der Waals surface area (Å²) >= 11 is 0. The van der Waals surface area contributed by atoms with Crippen LogP contribution in [0.1, 0.15) is 426 Å². The molecule has 0 saturated carbocycles. The number of aliphatic hydroxyl groups excluding tert-OH is 1. The molecule has 0 aromatic heterocycles. The van der Waals surface area contributed by atoms with Crippen LogP contribution in [0.25, 0.3) is 0 Å². The Labute approximate surface area is 600 Å². The second-order valence-electron chi connectivity index (χ2n) is 28.5. The number of aliphatic hydroxyl groups is 1. The lowest BCUT2D eigenvalue weighted by molar-refractivity contribution is -0.161. The van der Waals surface area contributed by atoms with Gasteiger partial charge in [-0.25, -0.2) is 9.13 Å². The summed E-state index contributed by atoms with van der Waals surface area (Å²) in [6, 6.07) is 0. The lowest BCUT2D eigenvalue weighted by Gasteiger charge is -2.21.